The fourth-order valence-corrected chi connectivity index (χ4v) is 17.4. The normalized spacial score (nSPS) is 42.4. The molecule has 5 fully saturated rings. The molecule has 7 aliphatic rings. The van der Waals surface area contributed by atoms with Gasteiger partial charge in [0.2, 0.25) is 5.88 Å². The molecule has 0 amide bonds. The van der Waals surface area contributed by atoms with Crippen molar-refractivity contribution in [1.82, 2.24) is 10.3 Å². The molecule has 0 unspecified atom stereocenters. The van der Waals surface area contributed by atoms with Gasteiger partial charge in [-0.2, -0.15) is 5.26 Å². The molecule has 1 aromatic heterocycles. The molecule has 8 rings (SSSR count). The minimum Gasteiger partial charge on any atom is -0.481 e. The van der Waals surface area contributed by atoms with Gasteiger partial charge in [-0.05, 0) is 197 Å². The Bertz CT molecular complexity index is 2170. The van der Waals surface area contributed by atoms with E-state index < -0.39 is 26.8 Å². The number of nitriles is 1. The molecule has 1 heterocycles. The van der Waals surface area contributed by atoms with Gasteiger partial charge in [0.25, 0.3) is 0 Å². The zero-order chi connectivity index (χ0) is 44.7. The van der Waals surface area contributed by atoms with E-state index in [4.69, 9.17) is 4.74 Å². The number of carboxylic acid groups (broad SMARTS) is 1. The maximum Gasteiger partial charge on any atom is 0.313 e. The number of fused-ring (bicyclic) bond motifs is 7. The zero-order valence-electron chi connectivity index (χ0n) is 38.8. The lowest BCUT2D eigenvalue weighted by atomic mass is 9.33. The van der Waals surface area contributed by atoms with Crippen molar-refractivity contribution in [2.45, 2.75) is 167 Å². The number of nitrogens with one attached hydrogen (secondary N) is 1. The highest BCUT2D eigenvalue weighted by molar-refractivity contribution is 7.91. The Labute approximate surface area is 372 Å². The molecule has 0 radical (unpaired) electrons. The number of hydrogen-bond donors (Lipinski definition) is 3. The molecule has 340 valence electrons. The average Bonchev–Trinajstić information content (AvgIpc) is 3.60. The van der Waals surface area contributed by atoms with Crippen molar-refractivity contribution in [1.29, 1.82) is 5.26 Å². The molecule has 0 bridgehead atoms. The van der Waals surface area contributed by atoms with Gasteiger partial charge in [0.1, 0.15) is 33.5 Å². The van der Waals surface area contributed by atoms with Gasteiger partial charge in [-0.25, -0.2) is 13.4 Å². The number of aliphatic hydroxyl groups is 1. The van der Waals surface area contributed by atoms with Gasteiger partial charge in [0, 0.05) is 18.0 Å². The number of pyridine rings is 1. The monoisotopic (exact) mass is 870 g/mol. The number of aromatic nitrogens is 1. The van der Waals surface area contributed by atoms with Crippen LogP contribution in [0.1, 0.15) is 156 Å². The molecule has 3 N–H and O–H groups in total. The van der Waals surface area contributed by atoms with E-state index in [0.29, 0.717) is 86.5 Å². The first kappa shape index (κ1) is 45.6. The van der Waals surface area contributed by atoms with Crippen LogP contribution in [0.2, 0.25) is 0 Å². The van der Waals surface area contributed by atoms with Gasteiger partial charge in [-0.1, -0.05) is 58.9 Å². The van der Waals surface area contributed by atoms with E-state index >= 15 is 0 Å². The van der Waals surface area contributed by atoms with Gasteiger partial charge < -0.3 is 20.3 Å². The van der Waals surface area contributed by atoms with Crippen LogP contribution in [0.4, 0.5) is 0 Å². The predicted octanol–water partition coefficient (Wildman–Crippen LogP) is 10.2. The third-order valence-electron chi connectivity index (χ3n) is 20.0. The Balaban J connectivity index is 0.998. The number of allylic oxidation sites excluding steroid dienone is 5. The van der Waals surface area contributed by atoms with Crippen LogP contribution in [0.15, 0.2) is 53.8 Å². The summed E-state index contributed by atoms with van der Waals surface area (Å²) < 4.78 is 30.4. The van der Waals surface area contributed by atoms with E-state index in [9.17, 15) is 28.7 Å². The van der Waals surface area contributed by atoms with Crippen LogP contribution in [0.25, 0.3) is 0 Å². The first-order valence-corrected chi connectivity index (χ1v) is 26.0. The standard InChI is InChI=1S/C52H75N3O6S/c1-34(2)38-17-26-52(55-31-29-51(58)24-15-37(16-25-51)62(8,59)60)28-27-48(6)40(43(38)52)11-12-42-47(5)20-18-39(46(3,4)41(47)19-21-49(42,48)7)35-13-22-50(23-14-35,45(56)57)33-61-44-36(32-53)10-9-30-54-44/h9-10,13,18,30,37-38,40-43,55,58H,1,11-12,14-17,19-29,31,33H2,2-8H3,(H,56,57)/t37-,38-,40+,41-,42+,43+,47-,48+,49+,50+,51-,52-/m0/s1. The summed E-state index contributed by atoms with van der Waals surface area (Å²) in [5, 5.41) is 35.5. The summed E-state index contributed by atoms with van der Waals surface area (Å²) in [7, 11) is -3.08. The van der Waals surface area contributed by atoms with Crippen molar-refractivity contribution in [2.24, 2.45) is 56.7 Å². The van der Waals surface area contributed by atoms with E-state index in [1.807, 2.05) is 0 Å². The zero-order valence-corrected chi connectivity index (χ0v) is 39.6. The third kappa shape index (κ3) is 7.25. The molecular formula is C52H75N3O6S. The second-order valence-corrected chi connectivity index (χ2v) is 25.4. The third-order valence-corrected chi connectivity index (χ3v) is 21.7. The van der Waals surface area contributed by atoms with Crippen molar-refractivity contribution in [3.05, 3.63) is 59.3 Å². The maximum atomic E-state index is 12.8. The molecule has 7 aliphatic carbocycles. The summed E-state index contributed by atoms with van der Waals surface area (Å²) in [6, 6.07) is 5.42. The highest BCUT2D eigenvalue weighted by Crippen LogP contribution is 2.76. The lowest BCUT2D eigenvalue weighted by Crippen LogP contribution is -2.68. The molecule has 10 atom stereocenters. The van der Waals surface area contributed by atoms with Crippen LogP contribution in [0.3, 0.4) is 0 Å². The number of sulfone groups is 1. The van der Waals surface area contributed by atoms with Crippen molar-refractivity contribution < 1.29 is 28.2 Å². The van der Waals surface area contributed by atoms with Gasteiger partial charge in [0.05, 0.1) is 10.9 Å². The fourth-order valence-electron chi connectivity index (χ4n) is 16.3. The first-order chi connectivity index (χ1) is 29.1. The number of rotatable bonds is 11. The number of ether oxygens (including phenoxy) is 1. The summed E-state index contributed by atoms with van der Waals surface area (Å²) in [6.07, 6.45) is 22.7. The van der Waals surface area contributed by atoms with Crippen LogP contribution in [-0.2, 0) is 14.6 Å². The predicted molar refractivity (Wildman–Crippen MR) is 244 cm³/mol. The lowest BCUT2D eigenvalue weighted by molar-refractivity contribution is -0.221. The smallest absolute Gasteiger partial charge is 0.313 e. The molecule has 9 nitrogen and oxygen atoms in total. The SMILES string of the molecule is C=C(C)[C@@H]1CC[C@]2(NCC[C@]3(O)CC[C@H](S(C)(=O)=O)CC3)CC[C@]3(C)[C@H](CC[C@@H]4[C@@]5(C)CC=C(C6=CC[C@@](COc7ncccc7C#N)(C(=O)O)CC6)C(C)(C)[C@@H]5CC[C@]43C)[C@@H]12. The number of carbonyl (C=O) groups is 1. The number of carboxylic acids is 1. The molecule has 1 aromatic rings. The Morgan fingerprint density at radius 3 is 2.34 bits per heavy atom. The summed E-state index contributed by atoms with van der Waals surface area (Å²) in [4.78, 5) is 17.0. The van der Waals surface area contributed by atoms with Crippen LogP contribution in [0.5, 0.6) is 5.88 Å². The van der Waals surface area contributed by atoms with E-state index in [-0.39, 0.29) is 44.9 Å². The van der Waals surface area contributed by atoms with Crippen LogP contribution in [-0.4, -0.2) is 65.4 Å². The maximum absolute atomic E-state index is 12.8. The van der Waals surface area contributed by atoms with Gasteiger partial charge >= 0.3 is 5.97 Å². The molecule has 0 aliphatic heterocycles. The largest absolute Gasteiger partial charge is 0.481 e. The lowest BCUT2D eigenvalue weighted by Gasteiger charge is -2.72. The Hall–Kier alpha value is -3.00. The van der Waals surface area contributed by atoms with Crippen molar-refractivity contribution in [3.8, 4) is 11.9 Å². The van der Waals surface area contributed by atoms with Gasteiger partial charge in [-0.3, -0.25) is 4.79 Å². The highest BCUT2D eigenvalue weighted by Gasteiger charge is 2.70. The number of hydrogen-bond acceptors (Lipinski definition) is 8. The Morgan fingerprint density at radius 2 is 1.69 bits per heavy atom. The molecule has 0 aromatic carbocycles. The second kappa shape index (κ2) is 15.9. The fraction of sp³-hybridized carbons (Fsp3) is 0.750. The van der Waals surface area contributed by atoms with Gasteiger partial charge in [0.15, 0.2) is 0 Å². The quantitative estimate of drug-likeness (QED) is 0.185. The second-order valence-electron chi connectivity index (χ2n) is 23.1. The molecule has 10 heteroatoms. The molecule has 62 heavy (non-hydrogen) atoms. The Morgan fingerprint density at radius 1 is 0.952 bits per heavy atom. The summed E-state index contributed by atoms with van der Waals surface area (Å²) >= 11 is 0. The first-order valence-electron chi connectivity index (χ1n) is 24.0. The van der Waals surface area contributed by atoms with Gasteiger partial charge in [-0.15, -0.1) is 0 Å². The van der Waals surface area contributed by atoms with Crippen LogP contribution in [0, 0.1) is 68.0 Å². The van der Waals surface area contributed by atoms with Crippen LogP contribution < -0.4 is 10.1 Å². The van der Waals surface area contributed by atoms with Crippen molar-refractivity contribution in [2.75, 3.05) is 19.4 Å². The van der Waals surface area contributed by atoms with E-state index in [1.54, 1.807) is 18.3 Å². The average molecular weight is 870 g/mol. The molecule has 0 saturated heterocycles. The summed E-state index contributed by atoms with van der Waals surface area (Å²) in [5.41, 5.74) is 3.02. The number of nitrogens with zero attached hydrogens (tertiary/aromatic N) is 2. The van der Waals surface area contributed by atoms with Crippen LogP contribution >= 0.6 is 0 Å². The van der Waals surface area contributed by atoms with Crippen molar-refractivity contribution >= 4 is 15.8 Å². The molecule has 5 saturated carbocycles. The number of aliphatic carboxylic acids is 1. The topological polar surface area (TPSA) is 150 Å². The van der Waals surface area contributed by atoms with E-state index in [1.165, 1.54) is 61.5 Å². The van der Waals surface area contributed by atoms with E-state index in [0.717, 1.165) is 25.8 Å². The Kier molecular flexibility index (Phi) is 11.7. The van der Waals surface area contributed by atoms with Crippen molar-refractivity contribution in [3.63, 3.8) is 0 Å². The minimum absolute atomic E-state index is 0.0230. The minimum atomic E-state index is -3.08. The molecular weight excluding hydrogens is 795 g/mol. The summed E-state index contributed by atoms with van der Waals surface area (Å²) in [5.74, 6) is 2.06. The summed E-state index contributed by atoms with van der Waals surface area (Å²) in [6.45, 7) is 20.5. The van der Waals surface area contributed by atoms with E-state index in [2.05, 4.69) is 76.6 Å². The molecule has 0 spiro atoms. The highest BCUT2D eigenvalue weighted by atomic mass is 32.2.